The molecule has 2 nitrogen and oxygen atoms in total. The van der Waals surface area contributed by atoms with Crippen molar-refractivity contribution in [3.05, 3.63) is 47.5 Å². The first kappa shape index (κ1) is 14.0. The SMILES string of the molecule is O=C1c2ccc3ccccc3c2CC[C@@H]1CN1CCCCC1. The number of aryl methyl sites for hydroxylation is 1. The van der Waals surface area contributed by atoms with Crippen molar-refractivity contribution in [2.45, 2.75) is 32.1 Å². The standard InChI is InChI=1S/C20H23NO/c22-20-16(14-21-12-4-1-5-13-21)9-10-18-17-7-3-2-6-15(17)8-11-19(18)20/h2-3,6-8,11,16H,1,4-5,9-10,12-14H2/t16-/m1/s1. The van der Waals surface area contributed by atoms with Crippen molar-refractivity contribution in [3.8, 4) is 0 Å². The molecule has 0 spiro atoms. The van der Waals surface area contributed by atoms with Gasteiger partial charge >= 0.3 is 0 Å². The number of carbonyl (C=O) groups is 1. The second-order valence-electron chi connectivity index (χ2n) is 6.77. The van der Waals surface area contributed by atoms with Crippen molar-refractivity contribution in [3.63, 3.8) is 0 Å². The molecule has 22 heavy (non-hydrogen) atoms. The molecule has 1 aliphatic carbocycles. The van der Waals surface area contributed by atoms with Crippen LogP contribution >= 0.6 is 0 Å². The van der Waals surface area contributed by atoms with Gasteiger partial charge in [0.25, 0.3) is 0 Å². The van der Waals surface area contributed by atoms with Crippen LogP contribution in [0.5, 0.6) is 0 Å². The fourth-order valence-electron chi connectivity index (χ4n) is 4.13. The molecule has 0 aromatic heterocycles. The molecule has 1 aliphatic heterocycles. The molecule has 114 valence electrons. The number of hydrogen-bond donors (Lipinski definition) is 0. The molecule has 2 aromatic carbocycles. The zero-order valence-corrected chi connectivity index (χ0v) is 13.1. The van der Waals surface area contributed by atoms with E-state index in [1.807, 2.05) is 0 Å². The molecule has 0 amide bonds. The van der Waals surface area contributed by atoms with E-state index >= 15 is 0 Å². The van der Waals surface area contributed by atoms with Crippen LogP contribution in [0.2, 0.25) is 0 Å². The van der Waals surface area contributed by atoms with Crippen molar-refractivity contribution >= 4 is 16.6 Å². The number of ketones is 1. The fourth-order valence-corrected chi connectivity index (χ4v) is 4.13. The first-order valence-corrected chi connectivity index (χ1v) is 8.60. The summed E-state index contributed by atoms with van der Waals surface area (Å²) >= 11 is 0. The smallest absolute Gasteiger partial charge is 0.167 e. The van der Waals surface area contributed by atoms with E-state index in [-0.39, 0.29) is 5.92 Å². The lowest BCUT2D eigenvalue weighted by molar-refractivity contribution is 0.0846. The van der Waals surface area contributed by atoms with E-state index in [9.17, 15) is 4.79 Å². The Morgan fingerprint density at radius 3 is 2.68 bits per heavy atom. The van der Waals surface area contributed by atoms with Gasteiger partial charge in [-0.2, -0.15) is 0 Å². The Morgan fingerprint density at radius 2 is 1.82 bits per heavy atom. The van der Waals surface area contributed by atoms with Crippen LogP contribution in [0, 0.1) is 5.92 Å². The third-order valence-electron chi connectivity index (χ3n) is 5.35. The van der Waals surface area contributed by atoms with Gasteiger partial charge in [0.2, 0.25) is 0 Å². The second kappa shape index (κ2) is 5.85. The zero-order chi connectivity index (χ0) is 14.9. The molecule has 2 heteroatoms. The van der Waals surface area contributed by atoms with Gasteiger partial charge in [0.1, 0.15) is 0 Å². The van der Waals surface area contributed by atoms with Crippen molar-refractivity contribution in [1.29, 1.82) is 0 Å². The summed E-state index contributed by atoms with van der Waals surface area (Å²) in [6.07, 6.45) is 5.99. The van der Waals surface area contributed by atoms with Crippen LogP contribution in [-0.2, 0) is 6.42 Å². The summed E-state index contributed by atoms with van der Waals surface area (Å²) in [7, 11) is 0. The summed E-state index contributed by atoms with van der Waals surface area (Å²) in [6, 6.07) is 12.6. The molecule has 2 aromatic rings. The molecular weight excluding hydrogens is 270 g/mol. The monoisotopic (exact) mass is 293 g/mol. The maximum atomic E-state index is 12.9. The highest BCUT2D eigenvalue weighted by Crippen LogP contribution is 2.32. The minimum atomic E-state index is 0.201. The number of likely N-dealkylation sites (tertiary alicyclic amines) is 1. The highest BCUT2D eigenvalue weighted by atomic mass is 16.1. The van der Waals surface area contributed by atoms with Crippen LogP contribution in [0.4, 0.5) is 0 Å². The summed E-state index contributed by atoms with van der Waals surface area (Å²) in [6.45, 7) is 3.31. The predicted octanol–water partition coefficient (Wildman–Crippen LogP) is 4.07. The Hall–Kier alpha value is -1.67. The first-order valence-electron chi connectivity index (χ1n) is 8.60. The Bertz CT molecular complexity index is 700. The van der Waals surface area contributed by atoms with Crippen LogP contribution < -0.4 is 0 Å². The number of hydrogen-bond acceptors (Lipinski definition) is 2. The summed E-state index contributed by atoms with van der Waals surface area (Å²) in [5.41, 5.74) is 2.25. The van der Waals surface area contributed by atoms with Crippen molar-refractivity contribution in [2.75, 3.05) is 19.6 Å². The number of fused-ring (bicyclic) bond motifs is 3. The molecule has 0 radical (unpaired) electrons. The molecule has 0 unspecified atom stereocenters. The normalized spacial score (nSPS) is 22.7. The Morgan fingerprint density at radius 1 is 1.00 bits per heavy atom. The summed E-state index contributed by atoms with van der Waals surface area (Å²) in [4.78, 5) is 15.4. The molecular formula is C20H23NO. The van der Waals surface area contributed by atoms with Gasteiger partial charge < -0.3 is 4.90 Å². The van der Waals surface area contributed by atoms with Gasteiger partial charge in [0, 0.05) is 18.0 Å². The first-order chi connectivity index (χ1) is 10.8. The number of benzene rings is 2. The van der Waals surface area contributed by atoms with Gasteiger partial charge in [-0.15, -0.1) is 0 Å². The van der Waals surface area contributed by atoms with E-state index in [0.717, 1.165) is 24.9 Å². The van der Waals surface area contributed by atoms with Gasteiger partial charge in [0.15, 0.2) is 5.78 Å². The topological polar surface area (TPSA) is 20.3 Å². The van der Waals surface area contributed by atoms with Gasteiger partial charge in [-0.1, -0.05) is 42.8 Å². The Kier molecular flexibility index (Phi) is 3.71. The van der Waals surface area contributed by atoms with E-state index in [1.165, 1.54) is 48.7 Å². The number of carbonyl (C=O) groups excluding carboxylic acids is 1. The van der Waals surface area contributed by atoms with E-state index in [1.54, 1.807) is 0 Å². The lowest BCUT2D eigenvalue weighted by Gasteiger charge is -2.32. The Labute approximate surface area is 132 Å². The van der Waals surface area contributed by atoms with Crippen molar-refractivity contribution < 1.29 is 4.79 Å². The third-order valence-corrected chi connectivity index (χ3v) is 5.35. The number of piperidine rings is 1. The molecule has 0 saturated carbocycles. The van der Waals surface area contributed by atoms with Crippen LogP contribution in [0.3, 0.4) is 0 Å². The van der Waals surface area contributed by atoms with Crippen LogP contribution in [0.25, 0.3) is 10.8 Å². The number of Topliss-reactive ketones (excluding diaryl/α,β-unsaturated/α-hetero) is 1. The van der Waals surface area contributed by atoms with Crippen LogP contribution in [0.1, 0.15) is 41.6 Å². The quantitative estimate of drug-likeness (QED) is 0.832. The molecule has 1 atom stereocenters. The van der Waals surface area contributed by atoms with E-state index < -0.39 is 0 Å². The van der Waals surface area contributed by atoms with E-state index in [4.69, 9.17) is 0 Å². The molecule has 2 aliphatic rings. The zero-order valence-electron chi connectivity index (χ0n) is 13.1. The summed E-state index contributed by atoms with van der Waals surface area (Å²) in [5.74, 6) is 0.573. The average molecular weight is 293 g/mol. The lowest BCUT2D eigenvalue weighted by atomic mass is 9.80. The fraction of sp³-hybridized carbons (Fsp3) is 0.450. The molecule has 0 N–H and O–H groups in total. The third kappa shape index (κ3) is 2.46. The molecule has 1 fully saturated rings. The second-order valence-corrected chi connectivity index (χ2v) is 6.77. The lowest BCUT2D eigenvalue weighted by Crippen LogP contribution is -2.38. The minimum Gasteiger partial charge on any atom is -0.303 e. The Balaban J connectivity index is 1.61. The predicted molar refractivity (Wildman–Crippen MR) is 90.4 cm³/mol. The highest BCUT2D eigenvalue weighted by molar-refractivity contribution is 6.05. The molecule has 0 bridgehead atoms. The van der Waals surface area contributed by atoms with Crippen LogP contribution in [0.15, 0.2) is 36.4 Å². The van der Waals surface area contributed by atoms with E-state index in [0.29, 0.717) is 5.78 Å². The molecule has 1 heterocycles. The van der Waals surface area contributed by atoms with E-state index in [2.05, 4.69) is 41.3 Å². The highest BCUT2D eigenvalue weighted by Gasteiger charge is 2.30. The summed E-state index contributed by atoms with van der Waals surface area (Å²) in [5, 5.41) is 2.52. The number of nitrogens with zero attached hydrogens (tertiary/aromatic N) is 1. The van der Waals surface area contributed by atoms with Gasteiger partial charge in [-0.3, -0.25) is 4.79 Å². The van der Waals surface area contributed by atoms with Crippen molar-refractivity contribution in [1.82, 2.24) is 4.90 Å². The average Bonchev–Trinajstić information content (AvgIpc) is 2.58. The minimum absolute atomic E-state index is 0.201. The molecule has 1 saturated heterocycles. The molecule has 4 rings (SSSR count). The summed E-state index contributed by atoms with van der Waals surface area (Å²) < 4.78 is 0. The largest absolute Gasteiger partial charge is 0.303 e. The van der Waals surface area contributed by atoms with Gasteiger partial charge in [0.05, 0.1) is 0 Å². The maximum absolute atomic E-state index is 12.9. The number of rotatable bonds is 2. The maximum Gasteiger partial charge on any atom is 0.167 e. The van der Waals surface area contributed by atoms with Crippen LogP contribution in [-0.4, -0.2) is 30.3 Å². The van der Waals surface area contributed by atoms with Crippen molar-refractivity contribution in [2.24, 2.45) is 5.92 Å². The van der Waals surface area contributed by atoms with Gasteiger partial charge in [-0.05, 0) is 55.1 Å². The van der Waals surface area contributed by atoms with Gasteiger partial charge in [-0.25, -0.2) is 0 Å².